The number of allylic oxidation sites excluding steroid dienone is 3. The number of carbonyl (C=O) groups is 4. The zero-order chi connectivity index (χ0) is 51.0. The van der Waals surface area contributed by atoms with Crippen LogP contribution in [0.15, 0.2) is 48.0 Å². The van der Waals surface area contributed by atoms with Crippen molar-refractivity contribution in [1.82, 2.24) is 4.90 Å². The second-order valence-electron chi connectivity index (χ2n) is 18.8. The Labute approximate surface area is 424 Å². The highest BCUT2D eigenvalue weighted by molar-refractivity contribution is 14.1. The van der Waals surface area contributed by atoms with Gasteiger partial charge in [0.25, 0.3) is 0 Å². The van der Waals surface area contributed by atoms with E-state index in [9.17, 15) is 19.2 Å². The van der Waals surface area contributed by atoms with Crippen molar-refractivity contribution in [3.05, 3.63) is 48.0 Å². The summed E-state index contributed by atoms with van der Waals surface area (Å²) in [5.74, 6) is -2.97. The molecule has 0 aromatic heterocycles. The third-order valence-corrected chi connectivity index (χ3v) is 19.4. The van der Waals surface area contributed by atoms with E-state index >= 15 is 0 Å². The predicted molar refractivity (Wildman–Crippen MR) is 267 cm³/mol. The van der Waals surface area contributed by atoms with Crippen molar-refractivity contribution >= 4 is 54.6 Å². The van der Waals surface area contributed by atoms with Gasteiger partial charge >= 0.3 is 17.9 Å². The van der Waals surface area contributed by atoms with E-state index in [1.807, 2.05) is 43.9 Å². The minimum Gasteiger partial charge on any atom is -0.542 e. The number of ketones is 1. The molecule has 0 saturated carbocycles. The lowest BCUT2D eigenvalue weighted by Gasteiger charge is -2.48. The number of esters is 3. The number of hydrogen-bond donors (Lipinski definition) is 0. The molecule has 15 atom stereocenters. The molecule has 0 amide bonds. The first-order valence-corrected chi connectivity index (χ1v) is 28.2. The van der Waals surface area contributed by atoms with Crippen LogP contribution in [0, 0.1) is 23.7 Å². The van der Waals surface area contributed by atoms with Gasteiger partial charge < -0.3 is 56.5 Å². The maximum atomic E-state index is 14.3. The van der Waals surface area contributed by atoms with E-state index in [4.69, 9.17) is 56.5 Å². The minimum atomic E-state index is -2.08. The first kappa shape index (κ1) is 58.8. The third-order valence-electron chi connectivity index (χ3n) is 13.7. The van der Waals surface area contributed by atoms with Gasteiger partial charge in [0.05, 0.1) is 50.6 Å². The second kappa shape index (κ2) is 28.5. The number of likely N-dealkylation sites (N-methyl/N-ethyl adjacent to an activating group) is 1. The number of nitrogens with zero attached hydrogens (tertiary/aromatic N) is 1. The van der Waals surface area contributed by atoms with Crippen LogP contribution >= 0.6 is 22.6 Å². The molecule has 17 nitrogen and oxygen atoms in total. The normalized spacial score (nSPS) is 36.3. The second-order valence-corrected chi connectivity index (χ2v) is 24.7. The van der Waals surface area contributed by atoms with Gasteiger partial charge in [-0.1, -0.05) is 64.5 Å². The summed E-state index contributed by atoms with van der Waals surface area (Å²) in [7, 11) is 4.69. The van der Waals surface area contributed by atoms with Crippen molar-refractivity contribution in [3.8, 4) is 0 Å². The van der Waals surface area contributed by atoms with E-state index in [-0.39, 0.29) is 31.3 Å². The number of fused-ring (bicyclic) bond motifs is 3. The Kier molecular flexibility index (Phi) is 24.3. The lowest BCUT2D eigenvalue weighted by Crippen LogP contribution is -2.65. The fourth-order valence-electron chi connectivity index (χ4n) is 9.58. The van der Waals surface area contributed by atoms with E-state index in [1.54, 1.807) is 53.7 Å². The summed E-state index contributed by atoms with van der Waals surface area (Å²) in [6.45, 7) is 17.4. The van der Waals surface area contributed by atoms with Gasteiger partial charge in [-0.3, -0.25) is 24.1 Å². The third kappa shape index (κ3) is 16.6. The topological polar surface area (TPSA) is 182 Å². The molecule has 2 bridgehead atoms. The van der Waals surface area contributed by atoms with Gasteiger partial charge in [0, 0.05) is 52.4 Å². The van der Waals surface area contributed by atoms with Gasteiger partial charge in [0.15, 0.2) is 28.4 Å². The van der Waals surface area contributed by atoms with Crippen LogP contribution in [0.3, 0.4) is 0 Å². The number of hydrogen-bond acceptors (Lipinski definition) is 17. The van der Waals surface area contributed by atoms with Crippen LogP contribution < -0.4 is 0 Å². The minimum absolute atomic E-state index is 0.0509. The van der Waals surface area contributed by atoms with Crippen molar-refractivity contribution < 1.29 is 75.7 Å². The molecule has 0 N–H and O–H groups in total. The fourth-order valence-corrected chi connectivity index (χ4v) is 12.9. The Bertz CT molecular complexity index is 1780. The SMILES string of the molecule is CC[Si](CC)(CC)OC1=CO[C@@H](OC[C@H]2/C=C(C)/C=C/C(=O)[C@H](C)C[C@@H]3CCOC/C=C/CO[C@H](CC(=O)O[C@@H]2I)[C@H](C)[C@H]3O[C@@H]2OC(C)[C@@H](OC(C)=O)C(N(C)C)C2OC(C)=O)C(OC)C1OC. The Hall–Kier alpha value is -2.73. The van der Waals surface area contributed by atoms with Crippen LogP contribution in [0.1, 0.15) is 81.6 Å². The number of ether oxygens (including phenoxy) is 11. The van der Waals surface area contributed by atoms with Crippen LogP contribution in [0.25, 0.3) is 0 Å². The smallest absolute Gasteiger partial charge is 0.309 e. The maximum Gasteiger partial charge on any atom is 0.309 e. The van der Waals surface area contributed by atoms with Gasteiger partial charge in [-0.25, -0.2) is 0 Å². The maximum absolute atomic E-state index is 14.3. The summed E-state index contributed by atoms with van der Waals surface area (Å²) < 4.78 is 74.5. The van der Waals surface area contributed by atoms with Crippen LogP contribution in [0.4, 0.5) is 0 Å². The summed E-state index contributed by atoms with van der Waals surface area (Å²) >= 11 is 2.10. The Morgan fingerprint density at radius 1 is 0.884 bits per heavy atom. The number of alkyl halides is 1. The van der Waals surface area contributed by atoms with Crippen LogP contribution in [0.2, 0.25) is 18.1 Å². The molecule has 19 heteroatoms. The zero-order valence-electron chi connectivity index (χ0n) is 43.1. The van der Waals surface area contributed by atoms with Crippen LogP contribution in [-0.4, -0.2) is 157 Å². The molecule has 4 heterocycles. The highest BCUT2D eigenvalue weighted by atomic mass is 127. The van der Waals surface area contributed by atoms with Crippen molar-refractivity contribution in [3.63, 3.8) is 0 Å². The van der Waals surface area contributed by atoms with Crippen molar-refractivity contribution in [2.75, 3.05) is 54.7 Å². The van der Waals surface area contributed by atoms with Gasteiger partial charge in [-0.05, 0) is 93.5 Å². The standard InChI is InChI=1S/C50H80INO16Si/c1-14-69(15-2,16-3)68-40-29-62-49(47(58-13)45(40)57-12)61-28-37-25-30(4)19-20-38(55)31(5)26-36-21-24-59-22-17-18-23-60-39(27-41(56)66-48(37)51)32(6)43(36)67-50-46(65-35(9)54)42(52(10)11)44(33(7)63-50)64-34(8)53/h17-20,25,29,31-33,36-37,39,42-50H,14-16,21-24,26-28H2,1-13H3/b18-17+,20-19+,30-25+/t31-,32+,33?,36+,37-,39-,42?,43-,44-,45?,46?,47?,48+,49-,50+/m1/s1. The average molecular weight is 1110 g/mol. The van der Waals surface area contributed by atoms with E-state index in [1.165, 1.54) is 13.8 Å². The molecule has 0 aliphatic carbocycles. The number of halogens is 1. The lowest BCUT2D eigenvalue weighted by atomic mass is 9.79. The molecule has 0 aromatic carbocycles. The first-order valence-electron chi connectivity index (χ1n) is 24.4. The van der Waals surface area contributed by atoms with Gasteiger partial charge in [-0.2, -0.15) is 0 Å². The van der Waals surface area contributed by atoms with Gasteiger partial charge in [-0.15, -0.1) is 0 Å². The van der Waals surface area contributed by atoms with Crippen molar-refractivity contribution in [1.29, 1.82) is 0 Å². The van der Waals surface area contributed by atoms with Crippen molar-refractivity contribution in [2.45, 2.75) is 165 Å². The van der Waals surface area contributed by atoms with E-state index in [2.05, 4.69) is 43.4 Å². The lowest BCUT2D eigenvalue weighted by molar-refractivity contribution is -0.308. The summed E-state index contributed by atoms with van der Waals surface area (Å²) in [6.07, 6.45) is 3.94. The predicted octanol–water partition coefficient (Wildman–Crippen LogP) is 7.21. The summed E-state index contributed by atoms with van der Waals surface area (Å²) in [5.41, 5.74) is 0.754. The Morgan fingerprint density at radius 3 is 2.17 bits per heavy atom. The summed E-state index contributed by atoms with van der Waals surface area (Å²) in [5, 5.41) is 0. The average Bonchev–Trinajstić information content (AvgIpc) is 3.30. The molecular formula is C50H80INO16Si. The highest BCUT2D eigenvalue weighted by Crippen LogP contribution is 2.38. The molecule has 69 heavy (non-hydrogen) atoms. The highest BCUT2D eigenvalue weighted by Gasteiger charge is 2.52. The molecule has 392 valence electrons. The van der Waals surface area contributed by atoms with E-state index in [0.717, 1.165) is 23.7 Å². The summed E-state index contributed by atoms with van der Waals surface area (Å²) in [4.78, 5) is 55.2. The molecule has 0 radical (unpaired) electrons. The molecule has 4 rings (SSSR count). The molecular weight excluding hydrogens is 1030 g/mol. The molecule has 1 saturated heterocycles. The number of rotatable bonds is 15. The van der Waals surface area contributed by atoms with Crippen molar-refractivity contribution in [2.24, 2.45) is 23.7 Å². The number of methoxy groups -OCH3 is 2. The Morgan fingerprint density at radius 2 is 1.55 bits per heavy atom. The number of carbonyl (C=O) groups excluding carboxylic acids is 4. The molecule has 4 aliphatic heterocycles. The van der Waals surface area contributed by atoms with E-state index < -0.39 is 109 Å². The molecule has 5 unspecified atom stereocenters. The van der Waals surface area contributed by atoms with E-state index in [0.29, 0.717) is 31.8 Å². The molecule has 1 fully saturated rings. The van der Waals surface area contributed by atoms with Crippen LogP contribution in [0.5, 0.6) is 0 Å². The largest absolute Gasteiger partial charge is 0.542 e. The van der Waals surface area contributed by atoms with Crippen LogP contribution in [-0.2, 0) is 75.7 Å². The molecule has 0 aromatic rings. The van der Waals surface area contributed by atoms with Gasteiger partial charge in [0.1, 0.15) is 24.2 Å². The molecule has 0 spiro atoms. The number of cyclic esters (lactones) is 1. The summed E-state index contributed by atoms with van der Waals surface area (Å²) in [6, 6.07) is 2.15. The monoisotopic (exact) mass is 1110 g/mol. The fraction of sp³-hybridized carbons (Fsp3) is 0.760. The molecule has 4 aliphatic rings. The van der Waals surface area contributed by atoms with Gasteiger partial charge in [0.2, 0.25) is 14.6 Å². The quantitative estimate of drug-likeness (QED) is 0.0400. The zero-order valence-corrected chi connectivity index (χ0v) is 46.2. The first-order chi connectivity index (χ1) is 32.8. The Balaban J connectivity index is 1.72.